The summed E-state index contributed by atoms with van der Waals surface area (Å²) in [7, 11) is 1.22. The molecule has 0 saturated carbocycles. The second kappa shape index (κ2) is 14.1. The fourth-order valence-electron chi connectivity index (χ4n) is 3.44. The van der Waals surface area contributed by atoms with E-state index < -0.39 is 35.5 Å². The monoisotopic (exact) mass is 501 g/mol. The van der Waals surface area contributed by atoms with Gasteiger partial charge in [-0.25, -0.2) is 4.79 Å². The van der Waals surface area contributed by atoms with E-state index in [4.69, 9.17) is 11.2 Å². The zero-order valence-electron chi connectivity index (χ0n) is 22.3. The van der Waals surface area contributed by atoms with Gasteiger partial charge in [-0.3, -0.25) is 14.4 Å². The zero-order chi connectivity index (χ0) is 27.5. The van der Waals surface area contributed by atoms with Crippen LogP contribution in [0.25, 0.3) is 0 Å². The van der Waals surface area contributed by atoms with E-state index >= 15 is 0 Å². The summed E-state index contributed by atoms with van der Waals surface area (Å²) in [6.07, 6.45) is 6.17. The topological polar surface area (TPSA) is 114 Å². The summed E-state index contributed by atoms with van der Waals surface area (Å²) in [6.45, 7) is 10.4. The van der Waals surface area contributed by atoms with E-state index in [1.54, 1.807) is 45.0 Å². The number of carbonyl (C=O) groups is 4. The van der Waals surface area contributed by atoms with Gasteiger partial charge in [0.25, 0.3) is 0 Å². The number of hydrogen-bond donors (Lipinski definition) is 2. The molecule has 0 heterocycles. The number of rotatable bonds is 11. The van der Waals surface area contributed by atoms with Gasteiger partial charge in [-0.15, -0.1) is 6.42 Å². The lowest BCUT2D eigenvalue weighted by Crippen LogP contribution is -2.51. The number of amides is 3. The maximum atomic E-state index is 13.5. The average Bonchev–Trinajstić information content (AvgIpc) is 2.81. The van der Waals surface area contributed by atoms with Crippen LogP contribution in [0.4, 0.5) is 4.79 Å². The van der Waals surface area contributed by atoms with Gasteiger partial charge in [0, 0.05) is 11.6 Å². The molecule has 9 heteroatoms. The van der Waals surface area contributed by atoms with Crippen molar-refractivity contribution in [3.05, 3.63) is 35.4 Å². The van der Waals surface area contributed by atoms with Crippen molar-refractivity contribution in [2.75, 3.05) is 20.2 Å². The van der Waals surface area contributed by atoms with Crippen molar-refractivity contribution in [3.63, 3.8) is 0 Å². The first-order valence-electron chi connectivity index (χ1n) is 12.0. The van der Waals surface area contributed by atoms with Crippen LogP contribution in [0.1, 0.15) is 71.6 Å². The Morgan fingerprint density at radius 2 is 1.61 bits per heavy atom. The molecule has 2 unspecified atom stereocenters. The fraction of sp³-hybridized carbons (Fsp3) is 0.556. The lowest BCUT2D eigenvalue weighted by molar-refractivity contribution is -0.145. The van der Waals surface area contributed by atoms with Crippen molar-refractivity contribution >= 4 is 23.9 Å². The molecule has 0 bridgehead atoms. The summed E-state index contributed by atoms with van der Waals surface area (Å²) in [4.78, 5) is 52.1. The lowest BCUT2D eigenvalue weighted by atomic mass is 9.97. The first-order chi connectivity index (χ1) is 16.8. The quantitative estimate of drug-likeness (QED) is 0.356. The smallest absolute Gasteiger partial charge is 0.408 e. The molecule has 1 aromatic rings. The maximum Gasteiger partial charge on any atom is 0.408 e. The minimum absolute atomic E-state index is 0.354. The number of esters is 1. The summed E-state index contributed by atoms with van der Waals surface area (Å²) < 4.78 is 9.86. The van der Waals surface area contributed by atoms with E-state index in [9.17, 15) is 19.2 Å². The molecule has 0 aromatic heterocycles. The minimum atomic E-state index is -1.07. The molecule has 0 spiro atoms. The SMILES string of the molecule is C#Cc1ccc(C(C(=O)NCC(=O)OC)N(C(=O)CNC(=O)OC(C)(C)C)C(C)CCC(C)C)cc1. The van der Waals surface area contributed by atoms with Crippen LogP contribution >= 0.6 is 0 Å². The summed E-state index contributed by atoms with van der Waals surface area (Å²) in [5, 5.41) is 5.03. The van der Waals surface area contributed by atoms with Crippen LogP contribution in [0.3, 0.4) is 0 Å². The van der Waals surface area contributed by atoms with Gasteiger partial charge in [0.15, 0.2) is 0 Å². The Kier molecular flexibility index (Phi) is 12.0. The van der Waals surface area contributed by atoms with Crippen LogP contribution in [-0.2, 0) is 23.9 Å². The maximum absolute atomic E-state index is 13.5. The number of hydrogen-bond acceptors (Lipinski definition) is 6. The molecule has 0 aliphatic heterocycles. The third kappa shape index (κ3) is 10.4. The molecular weight excluding hydrogens is 462 g/mol. The van der Waals surface area contributed by atoms with Gasteiger partial charge >= 0.3 is 12.1 Å². The van der Waals surface area contributed by atoms with Crippen molar-refractivity contribution < 1.29 is 28.7 Å². The van der Waals surface area contributed by atoms with Crippen molar-refractivity contribution in [1.29, 1.82) is 0 Å². The van der Waals surface area contributed by atoms with E-state index in [1.165, 1.54) is 12.0 Å². The van der Waals surface area contributed by atoms with Gasteiger partial charge in [0.1, 0.15) is 24.7 Å². The molecule has 1 aromatic carbocycles. The van der Waals surface area contributed by atoms with Crippen molar-refractivity contribution in [3.8, 4) is 12.3 Å². The van der Waals surface area contributed by atoms with E-state index in [2.05, 4.69) is 35.1 Å². The van der Waals surface area contributed by atoms with Gasteiger partial charge < -0.3 is 25.0 Å². The third-order valence-electron chi connectivity index (χ3n) is 5.26. The van der Waals surface area contributed by atoms with Crippen molar-refractivity contribution in [1.82, 2.24) is 15.5 Å². The molecule has 9 nitrogen and oxygen atoms in total. The normalized spacial score (nSPS) is 12.6. The Labute approximate surface area is 214 Å². The highest BCUT2D eigenvalue weighted by atomic mass is 16.6. The molecule has 198 valence electrons. The number of terminal acetylenes is 1. The molecule has 0 fully saturated rings. The predicted octanol–water partition coefficient (Wildman–Crippen LogP) is 3.18. The molecular formula is C27H39N3O6. The van der Waals surface area contributed by atoms with Crippen molar-refractivity contribution in [2.24, 2.45) is 5.92 Å². The second-order valence-corrected chi connectivity index (χ2v) is 9.94. The number of carbonyl (C=O) groups excluding carboxylic acids is 4. The molecule has 2 atom stereocenters. The second-order valence-electron chi connectivity index (χ2n) is 9.94. The van der Waals surface area contributed by atoms with E-state index in [0.29, 0.717) is 23.5 Å². The summed E-state index contributed by atoms with van der Waals surface area (Å²) in [5.74, 6) is 1.25. The molecule has 2 N–H and O–H groups in total. The van der Waals surface area contributed by atoms with Crippen LogP contribution in [0.15, 0.2) is 24.3 Å². The first kappa shape index (κ1) is 30.5. The Hall–Kier alpha value is -3.54. The fourth-order valence-corrected chi connectivity index (χ4v) is 3.44. The Morgan fingerprint density at radius 3 is 2.11 bits per heavy atom. The van der Waals surface area contributed by atoms with Crippen molar-refractivity contribution in [2.45, 2.75) is 72.1 Å². The number of benzene rings is 1. The minimum Gasteiger partial charge on any atom is -0.468 e. The standard InChI is InChI=1S/C27H39N3O6/c1-9-20-12-14-21(15-13-20)24(25(33)28-17-23(32)35-8)30(19(4)11-10-18(2)3)22(31)16-29-26(34)36-27(5,6)7/h1,12-15,18-19,24H,10-11,16-17H2,2-8H3,(H,28,33)(H,29,34). The van der Waals surface area contributed by atoms with Gasteiger partial charge in [-0.05, 0) is 64.2 Å². The molecule has 36 heavy (non-hydrogen) atoms. The van der Waals surface area contributed by atoms with Crippen LogP contribution in [0, 0.1) is 18.3 Å². The van der Waals surface area contributed by atoms with E-state index in [0.717, 1.165) is 6.42 Å². The highest BCUT2D eigenvalue weighted by molar-refractivity contribution is 5.92. The largest absolute Gasteiger partial charge is 0.468 e. The summed E-state index contributed by atoms with van der Waals surface area (Å²) >= 11 is 0. The number of nitrogens with one attached hydrogen (secondary N) is 2. The number of methoxy groups -OCH3 is 1. The Bertz CT molecular complexity index is 944. The first-order valence-corrected chi connectivity index (χ1v) is 12.0. The summed E-state index contributed by atoms with van der Waals surface area (Å²) in [5.41, 5.74) is 0.398. The molecule has 0 radical (unpaired) electrons. The average molecular weight is 502 g/mol. The van der Waals surface area contributed by atoms with Gasteiger partial charge in [-0.1, -0.05) is 31.9 Å². The van der Waals surface area contributed by atoms with Crippen LogP contribution in [0.2, 0.25) is 0 Å². The molecule has 0 aliphatic carbocycles. The number of ether oxygens (including phenoxy) is 2. The highest BCUT2D eigenvalue weighted by Crippen LogP contribution is 2.27. The molecule has 0 aliphatic rings. The van der Waals surface area contributed by atoms with Crippen LogP contribution in [-0.4, -0.2) is 60.6 Å². The van der Waals surface area contributed by atoms with E-state index in [1.807, 2.05) is 6.92 Å². The third-order valence-corrected chi connectivity index (χ3v) is 5.26. The number of alkyl carbamates (subject to hydrolysis) is 1. The molecule has 0 saturated heterocycles. The van der Waals surface area contributed by atoms with Gasteiger partial charge in [0.2, 0.25) is 11.8 Å². The zero-order valence-corrected chi connectivity index (χ0v) is 22.3. The van der Waals surface area contributed by atoms with Crippen LogP contribution < -0.4 is 10.6 Å². The molecule has 1 rings (SSSR count). The highest BCUT2D eigenvalue weighted by Gasteiger charge is 2.35. The Balaban J connectivity index is 3.36. The van der Waals surface area contributed by atoms with Gasteiger partial charge in [0.05, 0.1) is 7.11 Å². The van der Waals surface area contributed by atoms with E-state index in [-0.39, 0.29) is 19.1 Å². The summed E-state index contributed by atoms with van der Waals surface area (Å²) in [6, 6.07) is 5.27. The number of nitrogens with zero attached hydrogens (tertiary/aromatic N) is 1. The molecule has 3 amide bonds. The predicted molar refractivity (Wildman–Crippen MR) is 137 cm³/mol. The van der Waals surface area contributed by atoms with Gasteiger partial charge in [-0.2, -0.15) is 0 Å². The lowest BCUT2D eigenvalue weighted by Gasteiger charge is -2.36. The Morgan fingerprint density at radius 1 is 1.00 bits per heavy atom. The van der Waals surface area contributed by atoms with Crippen LogP contribution in [0.5, 0.6) is 0 Å².